The van der Waals surface area contributed by atoms with Gasteiger partial charge in [-0.3, -0.25) is 9.67 Å². The van der Waals surface area contributed by atoms with E-state index in [1.165, 1.54) is 5.56 Å². The third-order valence-corrected chi connectivity index (χ3v) is 3.36. The maximum absolute atomic E-state index is 4.43. The van der Waals surface area contributed by atoms with E-state index in [1.54, 1.807) is 0 Å². The van der Waals surface area contributed by atoms with Crippen molar-refractivity contribution >= 4 is 0 Å². The quantitative estimate of drug-likeness (QED) is 0.802. The van der Waals surface area contributed by atoms with E-state index in [1.807, 2.05) is 29.2 Å². The summed E-state index contributed by atoms with van der Waals surface area (Å²) < 4.78 is 1.98. The molecular formula is C16H24N4. The SMILES string of the molecule is CCCNC(Cc1cnn(CC)c1)Cc1ccccn1. The van der Waals surface area contributed by atoms with Crippen LogP contribution in [0.5, 0.6) is 0 Å². The third-order valence-electron chi connectivity index (χ3n) is 3.36. The van der Waals surface area contributed by atoms with Crippen LogP contribution in [0.4, 0.5) is 0 Å². The Morgan fingerprint density at radius 2 is 2.15 bits per heavy atom. The number of aryl methyl sites for hydroxylation is 1. The first kappa shape index (κ1) is 14.7. The summed E-state index contributed by atoms with van der Waals surface area (Å²) in [5, 5.41) is 7.96. The molecule has 0 bridgehead atoms. The molecule has 1 unspecified atom stereocenters. The van der Waals surface area contributed by atoms with Gasteiger partial charge in [-0.1, -0.05) is 13.0 Å². The lowest BCUT2D eigenvalue weighted by Crippen LogP contribution is -2.34. The Hall–Kier alpha value is -1.68. The number of hydrogen-bond acceptors (Lipinski definition) is 3. The van der Waals surface area contributed by atoms with Crippen LogP contribution in [0.15, 0.2) is 36.8 Å². The van der Waals surface area contributed by atoms with E-state index in [4.69, 9.17) is 0 Å². The van der Waals surface area contributed by atoms with Crippen molar-refractivity contribution in [1.29, 1.82) is 0 Å². The zero-order valence-electron chi connectivity index (χ0n) is 12.4. The number of pyridine rings is 1. The summed E-state index contributed by atoms with van der Waals surface area (Å²) in [6, 6.07) is 6.52. The van der Waals surface area contributed by atoms with Gasteiger partial charge in [0.1, 0.15) is 0 Å². The van der Waals surface area contributed by atoms with Crippen LogP contribution in [0.2, 0.25) is 0 Å². The lowest BCUT2D eigenvalue weighted by atomic mass is 10.0. The number of rotatable bonds is 8. The molecule has 108 valence electrons. The smallest absolute Gasteiger partial charge is 0.0522 e. The molecule has 0 saturated carbocycles. The van der Waals surface area contributed by atoms with Crippen molar-refractivity contribution in [2.24, 2.45) is 0 Å². The fraction of sp³-hybridized carbons (Fsp3) is 0.500. The van der Waals surface area contributed by atoms with E-state index in [9.17, 15) is 0 Å². The monoisotopic (exact) mass is 272 g/mol. The van der Waals surface area contributed by atoms with Crippen LogP contribution in [0.25, 0.3) is 0 Å². The molecule has 1 N–H and O–H groups in total. The lowest BCUT2D eigenvalue weighted by molar-refractivity contribution is 0.500. The Balaban J connectivity index is 1.99. The highest BCUT2D eigenvalue weighted by atomic mass is 15.3. The van der Waals surface area contributed by atoms with Gasteiger partial charge in [-0.25, -0.2) is 0 Å². The molecule has 2 aromatic rings. The minimum atomic E-state index is 0.416. The molecule has 0 aliphatic carbocycles. The summed E-state index contributed by atoms with van der Waals surface area (Å²) in [4.78, 5) is 4.43. The normalized spacial score (nSPS) is 12.5. The van der Waals surface area contributed by atoms with Crippen LogP contribution >= 0.6 is 0 Å². The predicted octanol–water partition coefficient (Wildman–Crippen LogP) is 2.45. The lowest BCUT2D eigenvalue weighted by Gasteiger charge is -2.17. The van der Waals surface area contributed by atoms with Crippen LogP contribution in [0, 0.1) is 0 Å². The largest absolute Gasteiger partial charge is 0.313 e. The molecule has 0 aliphatic heterocycles. The second kappa shape index (κ2) is 7.80. The van der Waals surface area contributed by atoms with Gasteiger partial charge in [0.25, 0.3) is 0 Å². The molecule has 0 saturated heterocycles. The van der Waals surface area contributed by atoms with E-state index in [0.29, 0.717) is 6.04 Å². The molecule has 0 aliphatic rings. The molecule has 0 fully saturated rings. The number of nitrogens with zero attached hydrogens (tertiary/aromatic N) is 3. The maximum Gasteiger partial charge on any atom is 0.0522 e. The number of hydrogen-bond donors (Lipinski definition) is 1. The second-order valence-electron chi connectivity index (χ2n) is 5.08. The Morgan fingerprint density at radius 3 is 2.80 bits per heavy atom. The number of aromatic nitrogens is 3. The zero-order chi connectivity index (χ0) is 14.2. The predicted molar refractivity (Wildman–Crippen MR) is 81.6 cm³/mol. The van der Waals surface area contributed by atoms with Crippen molar-refractivity contribution in [1.82, 2.24) is 20.1 Å². The van der Waals surface area contributed by atoms with Crippen molar-refractivity contribution < 1.29 is 0 Å². The van der Waals surface area contributed by atoms with Gasteiger partial charge in [-0.2, -0.15) is 5.10 Å². The van der Waals surface area contributed by atoms with Gasteiger partial charge in [-0.15, -0.1) is 0 Å². The Labute approximate surface area is 121 Å². The molecule has 4 nitrogen and oxygen atoms in total. The van der Waals surface area contributed by atoms with E-state index >= 15 is 0 Å². The van der Waals surface area contributed by atoms with Crippen molar-refractivity contribution in [3.8, 4) is 0 Å². The first-order chi connectivity index (χ1) is 9.81. The summed E-state index contributed by atoms with van der Waals surface area (Å²) in [5.74, 6) is 0. The Kier molecular flexibility index (Phi) is 5.74. The van der Waals surface area contributed by atoms with Gasteiger partial charge < -0.3 is 5.32 Å². The van der Waals surface area contributed by atoms with Crippen LogP contribution in [-0.2, 0) is 19.4 Å². The molecule has 0 radical (unpaired) electrons. The van der Waals surface area contributed by atoms with E-state index in [-0.39, 0.29) is 0 Å². The topological polar surface area (TPSA) is 42.7 Å². The number of nitrogens with one attached hydrogen (secondary N) is 1. The van der Waals surface area contributed by atoms with Crippen molar-refractivity contribution in [2.75, 3.05) is 6.54 Å². The van der Waals surface area contributed by atoms with Crippen LogP contribution < -0.4 is 5.32 Å². The molecule has 0 amide bonds. The molecule has 2 rings (SSSR count). The zero-order valence-corrected chi connectivity index (χ0v) is 12.4. The van der Waals surface area contributed by atoms with Gasteiger partial charge in [0.2, 0.25) is 0 Å². The van der Waals surface area contributed by atoms with Crippen molar-refractivity contribution in [3.05, 3.63) is 48.0 Å². The fourth-order valence-corrected chi connectivity index (χ4v) is 2.31. The molecule has 0 spiro atoms. The molecule has 0 aromatic carbocycles. The van der Waals surface area contributed by atoms with Gasteiger partial charge in [-0.05, 0) is 44.0 Å². The van der Waals surface area contributed by atoms with Crippen molar-refractivity contribution in [3.63, 3.8) is 0 Å². The van der Waals surface area contributed by atoms with Crippen LogP contribution in [0.3, 0.4) is 0 Å². The fourth-order valence-electron chi connectivity index (χ4n) is 2.31. The molecular weight excluding hydrogens is 248 g/mol. The van der Waals surface area contributed by atoms with Crippen LogP contribution in [0.1, 0.15) is 31.5 Å². The van der Waals surface area contributed by atoms with Gasteiger partial charge in [0.15, 0.2) is 0 Å². The molecule has 20 heavy (non-hydrogen) atoms. The summed E-state index contributed by atoms with van der Waals surface area (Å²) >= 11 is 0. The highest BCUT2D eigenvalue weighted by Gasteiger charge is 2.11. The highest BCUT2D eigenvalue weighted by Crippen LogP contribution is 2.07. The average molecular weight is 272 g/mol. The van der Waals surface area contributed by atoms with Crippen molar-refractivity contribution in [2.45, 2.75) is 45.7 Å². The minimum Gasteiger partial charge on any atom is -0.313 e. The summed E-state index contributed by atoms with van der Waals surface area (Å²) in [5.41, 5.74) is 2.43. The highest BCUT2D eigenvalue weighted by molar-refractivity contribution is 5.10. The van der Waals surface area contributed by atoms with Crippen LogP contribution in [-0.4, -0.2) is 27.4 Å². The first-order valence-corrected chi connectivity index (χ1v) is 7.46. The first-order valence-electron chi connectivity index (χ1n) is 7.46. The second-order valence-corrected chi connectivity index (χ2v) is 5.08. The Morgan fingerprint density at radius 1 is 1.25 bits per heavy atom. The molecule has 4 heteroatoms. The van der Waals surface area contributed by atoms with E-state index in [0.717, 1.165) is 38.0 Å². The molecule has 2 aromatic heterocycles. The average Bonchev–Trinajstić information content (AvgIpc) is 2.93. The summed E-state index contributed by atoms with van der Waals surface area (Å²) in [7, 11) is 0. The standard InChI is InChI=1S/C16H24N4/c1-3-8-17-16(11-15-7-5-6-9-18-15)10-14-12-19-20(4-2)13-14/h5-7,9,12-13,16-17H,3-4,8,10-11H2,1-2H3. The summed E-state index contributed by atoms with van der Waals surface area (Å²) in [6.07, 6.45) is 9.07. The van der Waals surface area contributed by atoms with E-state index in [2.05, 4.69) is 41.5 Å². The van der Waals surface area contributed by atoms with E-state index < -0.39 is 0 Å². The van der Waals surface area contributed by atoms with Gasteiger partial charge in [0, 0.05) is 37.1 Å². The summed E-state index contributed by atoms with van der Waals surface area (Å²) in [6.45, 7) is 6.27. The molecule has 1 atom stereocenters. The Bertz CT molecular complexity index is 492. The maximum atomic E-state index is 4.43. The third kappa shape index (κ3) is 4.46. The van der Waals surface area contributed by atoms with Gasteiger partial charge >= 0.3 is 0 Å². The minimum absolute atomic E-state index is 0.416. The van der Waals surface area contributed by atoms with Gasteiger partial charge in [0.05, 0.1) is 6.20 Å². The molecule has 2 heterocycles.